The molecular weight excluding hydrogens is 338 g/mol. The second kappa shape index (κ2) is 10.1. The summed E-state index contributed by atoms with van der Waals surface area (Å²) in [6.45, 7) is 2.98. The van der Waals surface area contributed by atoms with Gasteiger partial charge in [-0.05, 0) is 18.6 Å². The van der Waals surface area contributed by atoms with Gasteiger partial charge in [0.25, 0.3) is 0 Å². The van der Waals surface area contributed by atoms with E-state index < -0.39 is 5.97 Å². The molecule has 1 heterocycles. The maximum atomic E-state index is 11.9. The van der Waals surface area contributed by atoms with Crippen molar-refractivity contribution in [2.45, 2.75) is 44.3 Å². The molecule has 0 spiro atoms. The lowest BCUT2D eigenvalue weighted by Gasteiger charge is -2.09. The smallest absolute Gasteiger partial charge is 0.325 e. The molecule has 0 saturated heterocycles. The van der Waals surface area contributed by atoms with Gasteiger partial charge in [-0.2, -0.15) is 0 Å². The molecule has 1 amide bonds. The first kappa shape index (κ1) is 19.3. The second-order valence-electron chi connectivity index (χ2n) is 5.74. The number of hydrogen-bond acceptors (Lipinski definition) is 5. The van der Waals surface area contributed by atoms with E-state index in [2.05, 4.69) is 32.6 Å². The minimum atomic E-state index is -0.457. The Bertz CT molecular complexity index is 715. The molecule has 1 N–H and O–H groups in total. The van der Waals surface area contributed by atoms with E-state index in [4.69, 9.17) is 0 Å². The number of benzene rings is 1. The van der Waals surface area contributed by atoms with Crippen LogP contribution in [-0.4, -0.2) is 40.8 Å². The highest BCUT2D eigenvalue weighted by atomic mass is 32.2. The number of unbranched alkanes of at least 4 members (excludes halogenated alkanes) is 3. The molecule has 0 aliphatic rings. The lowest BCUT2D eigenvalue weighted by atomic mass is 10.2. The van der Waals surface area contributed by atoms with Gasteiger partial charge >= 0.3 is 5.97 Å². The van der Waals surface area contributed by atoms with E-state index >= 15 is 0 Å². The van der Waals surface area contributed by atoms with Crippen LogP contribution in [0.3, 0.4) is 0 Å². The number of hydrogen-bond donors (Lipinski definition) is 1. The van der Waals surface area contributed by atoms with Crippen LogP contribution >= 0.6 is 11.8 Å². The van der Waals surface area contributed by atoms with Gasteiger partial charge in [0, 0.05) is 6.54 Å². The maximum Gasteiger partial charge on any atom is 0.325 e. The topological polar surface area (TPSA) is 73.2 Å². The number of thioether (sulfide) groups is 1. The van der Waals surface area contributed by atoms with Gasteiger partial charge in [-0.1, -0.05) is 50.1 Å². The molecular formula is C18H25N3O3S. The summed E-state index contributed by atoms with van der Waals surface area (Å²) < 4.78 is 6.69. The molecule has 0 aliphatic carbocycles. The van der Waals surface area contributed by atoms with Crippen LogP contribution in [0.25, 0.3) is 11.0 Å². The molecule has 25 heavy (non-hydrogen) atoms. The number of nitrogens with zero attached hydrogens (tertiary/aromatic N) is 2. The summed E-state index contributed by atoms with van der Waals surface area (Å²) in [4.78, 5) is 27.6. The van der Waals surface area contributed by atoms with Gasteiger partial charge in [-0.15, -0.1) is 0 Å². The van der Waals surface area contributed by atoms with Gasteiger partial charge in [-0.25, -0.2) is 4.98 Å². The van der Waals surface area contributed by atoms with Crippen molar-refractivity contribution >= 4 is 34.7 Å². The molecule has 1 aromatic carbocycles. The summed E-state index contributed by atoms with van der Waals surface area (Å²) in [5.41, 5.74) is 2.03. The van der Waals surface area contributed by atoms with Crippen LogP contribution < -0.4 is 5.32 Å². The van der Waals surface area contributed by atoms with Crippen molar-refractivity contribution < 1.29 is 14.3 Å². The number of aryl methyl sites for hydroxylation is 1. The van der Waals surface area contributed by atoms with Crippen molar-refractivity contribution in [2.24, 2.45) is 0 Å². The van der Waals surface area contributed by atoms with Crippen LogP contribution in [0.5, 0.6) is 0 Å². The summed E-state index contributed by atoms with van der Waals surface area (Å²) in [5.74, 6) is -0.448. The molecule has 2 aromatic rings. The number of aromatic nitrogens is 2. The Hall–Kier alpha value is -2.02. The number of methoxy groups -OCH3 is 1. The van der Waals surface area contributed by atoms with E-state index in [1.807, 2.05) is 18.2 Å². The van der Waals surface area contributed by atoms with Gasteiger partial charge in [0.15, 0.2) is 5.16 Å². The van der Waals surface area contributed by atoms with Crippen molar-refractivity contribution in [2.75, 3.05) is 19.4 Å². The molecule has 0 atom stereocenters. The Morgan fingerprint density at radius 3 is 2.80 bits per heavy atom. The van der Waals surface area contributed by atoms with Crippen molar-refractivity contribution in [1.82, 2.24) is 14.9 Å². The quantitative estimate of drug-likeness (QED) is 0.399. The van der Waals surface area contributed by atoms with Crippen molar-refractivity contribution in [1.29, 1.82) is 0 Å². The number of nitrogens with one attached hydrogen (secondary N) is 1. The third-order valence-electron chi connectivity index (χ3n) is 3.84. The van der Waals surface area contributed by atoms with E-state index in [-0.39, 0.29) is 18.2 Å². The number of para-hydroxylation sites is 2. The molecule has 2 rings (SSSR count). The number of carbonyl (C=O) groups is 2. The molecule has 136 valence electrons. The minimum Gasteiger partial charge on any atom is -0.468 e. The van der Waals surface area contributed by atoms with Gasteiger partial charge in [0.05, 0.1) is 23.9 Å². The van der Waals surface area contributed by atoms with Crippen LogP contribution in [0.2, 0.25) is 0 Å². The third kappa shape index (κ3) is 5.77. The van der Waals surface area contributed by atoms with Crippen LogP contribution in [0.15, 0.2) is 29.4 Å². The van der Waals surface area contributed by atoms with Crippen LogP contribution in [0, 0.1) is 0 Å². The highest BCUT2D eigenvalue weighted by Gasteiger charge is 2.13. The van der Waals surface area contributed by atoms with Gasteiger partial charge < -0.3 is 14.6 Å². The van der Waals surface area contributed by atoms with Gasteiger partial charge in [0.2, 0.25) is 5.91 Å². The van der Waals surface area contributed by atoms with E-state index in [1.54, 1.807) is 0 Å². The Morgan fingerprint density at radius 2 is 2.04 bits per heavy atom. The largest absolute Gasteiger partial charge is 0.468 e. The second-order valence-corrected chi connectivity index (χ2v) is 6.68. The number of fused-ring (bicyclic) bond motifs is 1. The van der Waals surface area contributed by atoms with Gasteiger partial charge in [-0.3, -0.25) is 9.59 Å². The number of rotatable bonds is 10. The highest BCUT2D eigenvalue weighted by Crippen LogP contribution is 2.24. The molecule has 0 unspecified atom stereocenters. The lowest BCUT2D eigenvalue weighted by Crippen LogP contribution is -2.31. The normalized spacial score (nSPS) is 10.8. The monoisotopic (exact) mass is 363 g/mol. The summed E-state index contributed by atoms with van der Waals surface area (Å²) in [6, 6.07) is 8.02. The van der Waals surface area contributed by atoms with Crippen LogP contribution in [0.1, 0.15) is 32.6 Å². The fourth-order valence-electron chi connectivity index (χ4n) is 2.50. The Morgan fingerprint density at radius 1 is 1.24 bits per heavy atom. The zero-order chi connectivity index (χ0) is 18.1. The van der Waals surface area contributed by atoms with Crippen LogP contribution in [-0.2, 0) is 20.9 Å². The number of esters is 1. The summed E-state index contributed by atoms with van der Waals surface area (Å²) in [7, 11) is 1.30. The fraction of sp³-hybridized carbons (Fsp3) is 0.500. The first-order valence-electron chi connectivity index (χ1n) is 8.57. The first-order valence-corrected chi connectivity index (χ1v) is 9.55. The molecule has 1 aromatic heterocycles. The summed E-state index contributed by atoms with van der Waals surface area (Å²) in [6.07, 6.45) is 4.71. The molecule has 0 radical (unpaired) electrons. The number of amides is 1. The molecule has 0 fully saturated rings. The van der Waals surface area contributed by atoms with E-state index in [9.17, 15) is 9.59 Å². The number of imidazole rings is 1. The first-order chi connectivity index (χ1) is 12.2. The maximum absolute atomic E-state index is 11.9. The average Bonchev–Trinajstić information content (AvgIpc) is 2.99. The van der Waals surface area contributed by atoms with Crippen LogP contribution in [0.4, 0.5) is 0 Å². The fourth-order valence-corrected chi connectivity index (χ4v) is 3.37. The number of ether oxygens (including phenoxy) is 1. The summed E-state index contributed by atoms with van der Waals surface area (Å²) in [5, 5.41) is 3.38. The third-order valence-corrected chi connectivity index (χ3v) is 4.82. The average molecular weight is 363 g/mol. The van der Waals surface area contributed by atoms with E-state index in [0.29, 0.717) is 0 Å². The predicted octanol–water partition coefficient (Wildman–Crippen LogP) is 3.00. The molecule has 6 nitrogen and oxygen atoms in total. The Balaban J connectivity index is 2.00. The summed E-state index contributed by atoms with van der Waals surface area (Å²) >= 11 is 1.39. The predicted molar refractivity (Wildman–Crippen MR) is 99.6 cm³/mol. The zero-order valence-electron chi connectivity index (χ0n) is 14.8. The minimum absolute atomic E-state index is 0.108. The van der Waals surface area contributed by atoms with Gasteiger partial charge in [0.1, 0.15) is 6.54 Å². The standard InChI is InChI=1S/C18H25N3O3S/c1-3-4-5-8-11-21-15-10-7-6-9-14(15)20-18(21)25-13-16(22)19-12-17(23)24-2/h6-7,9-10H,3-5,8,11-13H2,1-2H3,(H,19,22). The lowest BCUT2D eigenvalue weighted by molar-refractivity contribution is -0.140. The Labute approximate surface area is 152 Å². The molecule has 0 bridgehead atoms. The van der Waals surface area contributed by atoms with Crippen molar-refractivity contribution in [3.8, 4) is 0 Å². The van der Waals surface area contributed by atoms with E-state index in [1.165, 1.54) is 38.1 Å². The SMILES string of the molecule is CCCCCCn1c(SCC(=O)NCC(=O)OC)nc2ccccc21. The zero-order valence-corrected chi connectivity index (χ0v) is 15.6. The molecule has 0 aliphatic heterocycles. The van der Waals surface area contributed by atoms with E-state index in [0.717, 1.165) is 29.2 Å². The molecule has 0 saturated carbocycles. The van der Waals surface area contributed by atoms with Crippen molar-refractivity contribution in [3.63, 3.8) is 0 Å². The number of carbonyl (C=O) groups excluding carboxylic acids is 2. The van der Waals surface area contributed by atoms with Crippen molar-refractivity contribution in [3.05, 3.63) is 24.3 Å². The Kier molecular flexibility index (Phi) is 7.78. The highest BCUT2D eigenvalue weighted by molar-refractivity contribution is 7.99. The molecule has 7 heteroatoms.